The Labute approximate surface area is 136 Å². The third-order valence-electron chi connectivity index (χ3n) is 2.97. The number of carbonyl (C=O) groups is 2. The van der Waals surface area contributed by atoms with E-state index in [0.29, 0.717) is 5.82 Å². The van der Waals surface area contributed by atoms with Crippen LogP contribution in [0.4, 0.5) is 5.82 Å². The second-order valence-electron chi connectivity index (χ2n) is 4.60. The maximum Gasteiger partial charge on any atom is 0.343 e. The van der Waals surface area contributed by atoms with Crippen molar-refractivity contribution in [3.8, 4) is 0 Å². The molecule has 6 nitrogen and oxygen atoms in total. The molecule has 0 aliphatic heterocycles. The van der Waals surface area contributed by atoms with Crippen molar-refractivity contribution >= 4 is 33.6 Å². The van der Waals surface area contributed by atoms with E-state index in [1.54, 1.807) is 14.0 Å². The summed E-state index contributed by atoms with van der Waals surface area (Å²) in [4.78, 5) is 24.0. The van der Waals surface area contributed by atoms with Crippen LogP contribution in [0.5, 0.6) is 0 Å². The van der Waals surface area contributed by atoms with E-state index in [1.807, 2.05) is 24.3 Å². The number of rotatable bonds is 5. The van der Waals surface area contributed by atoms with Crippen LogP contribution >= 0.6 is 15.9 Å². The van der Waals surface area contributed by atoms with E-state index in [-0.39, 0.29) is 24.5 Å². The number of aryl methyl sites for hydroxylation is 1. The number of halogens is 1. The van der Waals surface area contributed by atoms with Crippen LogP contribution in [-0.4, -0.2) is 28.3 Å². The molecule has 0 saturated heterocycles. The average Bonchev–Trinajstić information content (AvgIpc) is 2.83. The first-order valence-corrected chi connectivity index (χ1v) is 7.54. The summed E-state index contributed by atoms with van der Waals surface area (Å²) >= 11 is 3.35. The highest BCUT2D eigenvalue weighted by atomic mass is 79.9. The minimum Gasteiger partial charge on any atom is -0.462 e. The van der Waals surface area contributed by atoms with Gasteiger partial charge in [0.1, 0.15) is 11.4 Å². The van der Waals surface area contributed by atoms with Crippen LogP contribution < -0.4 is 5.32 Å². The first-order chi connectivity index (χ1) is 10.5. The van der Waals surface area contributed by atoms with Gasteiger partial charge in [-0.25, -0.2) is 4.79 Å². The summed E-state index contributed by atoms with van der Waals surface area (Å²) in [5, 5.41) is 6.70. The highest BCUT2D eigenvalue weighted by molar-refractivity contribution is 9.10. The van der Waals surface area contributed by atoms with Crippen molar-refractivity contribution in [1.29, 1.82) is 0 Å². The van der Waals surface area contributed by atoms with Gasteiger partial charge in [-0.05, 0) is 24.6 Å². The van der Waals surface area contributed by atoms with Crippen LogP contribution in [0.15, 0.2) is 34.9 Å². The average molecular weight is 366 g/mol. The fourth-order valence-electron chi connectivity index (χ4n) is 1.91. The van der Waals surface area contributed by atoms with Gasteiger partial charge in [0.2, 0.25) is 5.91 Å². The molecule has 0 atom stereocenters. The quantitative estimate of drug-likeness (QED) is 0.826. The molecule has 0 saturated carbocycles. The number of ether oxygens (including phenoxy) is 1. The summed E-state index contributed by atoms with van der Waals surface area (Å²) in [6, 6.07) is 7.46. The predicted molar refractivity (Wildman–Crippen MR) is 85.6 cm³/mol. The second-order valence-corrected chi connectivity index (χ2v) is 5.52. The SMILES string of the molecule is CCOC(=O)c1cnn(C)c1NC(=O)Cc1ccc(Br)cc1. The van der Waals surface area contributed by atoms with E-state index >= 15 is 0 Å². The first kappa shape index (κ1) is 16.2. The van der Waals surface area contributed by atoms with Crippen molar-refractivity contribution in [1.82, 2.24) is 9.78 Å². The summed E-state index contributed by atoms with van der Waals surface area (Å²) in [5.74, 6) is -0.397. The van der Waals surface area contributed by atoms with E-state index in [1.165, 1.54) is 10.9 Å². The smallest absolute Gasteiger partial charge is 0.343 e. The molecule has 1 aromatic heterocycles. The van der Waals surface area contributed by atoms with Crippen LogP contribution in [0.3, 0.4) is 0 Å². The molecule has 0 radical (unpaired) electrons. The van der Waals surface area contributed by atoms with E-state index < -0.39 is 5.97 Å². The monoisotopic (exact) mass is 365 g/mol. The number of nitrogens with zero attached hydrogens (tertiary/aromatic N) is 2. The minimum absolute atomic E-state index is 0.209. The van der Waals surface area contributed by atoms with E-state index in [2.05, 4.69) is 26.3 Å². The predicted octanol–water partition coefficient (Wildman–Crippen LogP) is 2.54. The lowest BCUT2D eigenvalue weighted by Crippen LogP contribution is -2.19. The van der Waals surface area contributed by atoms with Crippen LogP contribution in [0, 0.1) is 0 Å². The number of nitrogens with one attached hydrogen (secondary N) is 1. The molecule has 0 spiro atoms. The lowest BCUT2D eigenvalue weighted by atomic mass is 10.1. The van der Waals surface area contributed by atoms with Gasteiger partial charge in [-0.15, -0.1) is 0 Å². The topological polar surface area (TPSA) is 73.2 Å². The van der Waals surface area contributed by atoms with Crippen LogP contribution in [0.25, 0.3) is 0 Å². The zero-order valence-electron chi connectivity index (χ0n) is 12.3. The Hall–Kier alpha value is -2.15. The number of hydrogen-bond donors (Lipinski definition) is 1. The highest BCUT2D eigenvalue weighted by Crippen LogP contribution is 2.16. The molecule has 0 unspecified atom stereocenters. The van der Waals surface area contributed by atoms with Gasteiger partial charge < -0.3 is 10.1 Å². The van der Waals surface area contributed by atoms with Crippen LogP contribution in [-0.2, 0) is 23.0 Å². The van der Waals surface area contributed by atoms with Gasteiger partial charge in [0.25, 0.3) is 0 Å². The second kappa shape index (κ2) is 7.22. The Bertz CT molecular complexity index is 680. The molecular weight excluding hydrogens is 350 g/mol. The third kappa shape index (κ3) is 3.94. The third-order valence-corrected chi connectivity index (χ3v) is 3.50. The van der Waals surface area contributed by atoms with Crippen molar-refractivity contribution in [2.45, 2.75) is 13.3 Å². The zero-order valence-corrected chi connectivity index (χ0v) is 13.9. The van der Waals surface area contributed by atoms with Crippen molar-refractivity contribution in [3.63, 3.8) is 0 Å². The van der Waals surface area contributed by atoms with Gasteiger partial charge in [-0.2, -0.15) is 5.10 Å². The van der Waals surface area contributed by atoms with Gasteiger partial charge >= 0.3 is 5.97 Å². The Morgan fingerprint density at radius 1 is 1.32 bits per heavy atom. The summed E-state index contributed by atoms with van der Waals surface area (Å²) in [5.41, 5.74) is 1.12. The Kier molecular flexibility index (Phi) is 5.32. The molecule has 116 valence electrons. The molecule has 0 aliphatic rings. The van der Waals surface area contributed by atoms with Gasteiger partial charge in [0, 0.05) is 11.5 Å². The number of amides is 1. The minimum atomic E-state index is -0.505. The largest absolute Gasteiger partial charge is 0.462 e. The number of carbonyl (C=O) groups excluding carboxylic acids is 2. The molecule has 0 fully saturated rings. The lowest BCUT2D eigenvalue weighted by molar-refractivity contribution is -0.115. The van der Waals surface area contributed by atoms with Crippen molar-refractivity contribution in [2.24, 2.45) is 7.05 Å². The Balaban J connectivity index is 2.09. The molecule has 0 aliphatic carbocycles. The fraction of sp³-hybridized carbons (Fsp3) is 0.267. The normalized spacial score (nSPS) is 10.3. The Morgan fingerprint density at radius 2 is 2.00 bits per heavy atom. The molecule has 2 aromatic rings. The summed E-state index contributed by atoms with van der Waals surface area (Å²) in [6.45, 7) is 1.99. The van der Waals surface area contributed by atoms with E-state index in [0.717, 1.165) is 10.0 Å². The van der Waals surface area contributed by atoms with E-state index in [9.17, 15) is 9.59 Å². The zero-order chi connectivity index (χ0) is 16.1. The van der Waals surface area contributed by atoms with Gasteiger partial charge in [0.15, 0.2) is 0 Å². The highest BCUT2D eigenvalue weighted by Gasteiger charge is 2.19. The lowest BCUT2D eigenvalue weighted by Gasteiger charge is -2.08. The first-order valence-electron chi connectivity index (χ1n) is 6.74. The maximum atomic E-state index is 12.1. The van der Waals surface area contributed by atoms with Crippen LogP contribution in [0.2, 0.25) is 0 Å². The standard InChI is InChI=1S/C15H16BrN3O3/c1-3-22-15(21)12-9-17-19(2)14(12)18-13(20)8-10-4-6-11(16)7-5-10/h4-7,9H,3,8H2,1-2H3,(H,18,20). The number of aromatic nitrogens is 2. The van der Waals surface area contributed by atoms with Crippen LogP contribution in [0.1, 0.15) is 22.8 Å². The molecule has 1 amide bonds. The summed E-state index contributed by atoms with van der Waals surface area (Å²) in [6.07, 6.45) is 1.59. The molecule has 7 heteroatoms. The molecule has 1 heterocycles. The molecule has 22 heavy (non-hydrogen) atoms. The molecule has 1 N–H and O–H groups in total. The van der Waals surface area contributed by atoms with E-state index in [4.69, 9.17) is 4.74 Å². The molecule has 2 rings (SSSR count). The number of esters is 1. The number of anilines is 1. The summed E-state index contributed by atoms with van der Waals surface area (Å²) < 4.78 is 7.33. The number of hydrogen-bond acceptors (Lipinski definition) is 4. The van der Waals surface area contributed by atoms with Gasteiger partial charge in [0.05, 0.1) is 19.2 Å². The molecular formula is C15H16BrN3O3. The molecule has 1 aromatic carbocycles. The Morgan fingerprint density at radius 3 is 2.64 bits per heavy atom. The van der Waals surface area contributed by atoms with Crippen molar-refractivity contribution in [3.05, 3.63) is 46.1 Å². The number of benzene rings is 1. The van der Waals surface area contributed by atoms with Crippen molar-refractivity contribution in [2.75, 3.05) is 11.9 Å². The van der Waals surface area contributed by atoms with Gasteiger partial charge in [-0.1, -0.05) is 28.1 Å². The summed E-state index contributed by atoms with van der Waals surface area (Å²) in [7, 11) is 1.65. The maximum absolute atomic E-state index is 12.1. The van der Waals surface area contributed by atoms with Gasteiger partial charge in [-0.3, -0.25) is 9.48 Å². The molecule has 0 bridgehead atoms. The van der Waals surface area contributed by atoms with Crippen molar-refractivity contribution < 1.29 is 14.3 Å². The fourth-order valence-corrected chi connectivity index (χ4v) is 2.17.